The highest BCUT2D eigenvalue weighted by atomic mass is 127. The minimum Gasteiger partial charge on any atom is -0.300 e. The Morgan fingerprint density at radius 3 is 2.76 bits per heavy atom. The number of pyridine rings is 1. The lowest BCUT2D eigenvalue weighted by atomic mass is 9.95. The third-order valence-electron chi connectivity index (χ3n) is 4.22. The average molecular weight is 436 g/mol. The number of hydrogen-bond donors (Lipinski definition) is 1. The first-order valence-corrected chi connectivity index (χ1v) is 8.79. The van der Waals surface area contributed by atoms with Crippen LogP contribution in [0.4, 0.5) is 0 Å². The molecular formula is C20H13IN4. The average Bonchev–Trinajstić information content (AvgIpc) is 3.04. The van der Waals surface area contributed by atoms with Crippen molar-refractivity contribution in [2.24, 2.45) is 10.7 Å². The van der Waals surface area contributed by atoms with Crippen molar-refractivity contribution in [1.29, 1.82) is 5.26 Å². The second-order valence-electron chi connectivity index (χ2n) is 5.91. The number of para-hydroxylation sites is 1. The van der Waals surface area contributed by atoms with E-state index in [1.807, 2.05) is 54.8 Å². The molecule has 3 aromatic rings. The quantitative estimate of drug-likeness (QED) is 0.618. The Kier molecular flexibility index (Phi) is 3.86. The molecule has 1 aromatic heterocycles. The van der Waals surface area contributed by atoms with E-state index in [2.05, 4.69) is 44.7 Å². The maximum absolute atomic E-state index is 9.06. The van der Waals surface area contributed by atoms with E-state index >= 15 is 0 Å². The molecule has 1 atom stereocenters. The fourth-order valence-electron chi connectivity index (χ4n) is 3.01. The van der Waals surface area contributed by atoms with Gasteiger partial charge in [-0.3, -0.25) is 15.7 Å². The third-order valence-corrected chi connectivity index (χ3v) is 4.89. The molecule has 4 nitrogen and oxygen atoms in total. The van der Waals surface area contributed by atoms with Crippen LogP contribution in [0.5, 0.6) is 0 Å². The Balaban J connectivity index is 1.84. The van der Waals surface area contributed by atoms with Crippen LogP contribution in [0.25, 0.3) is 16.5 Å². The van der Waals surface area contributed by atoms with Crippen LogP contribution in [0, 0.1) is 14.9 Å². The molecule has 1 unspecified atom stereocenters. The molecule has 0 radical (unpaired) electrons. The first-order chi connectivity index (χ1) is 12.1. The Bertz CT molecular complexity index is 1090. The van der Waals surface area contributed by atoms with E-state index in [1.54, 1.807) is 6.20 Å². The summed E-state index contributed by atoms with van der Waals surface area (Å²) in [4.78, 5) is 9.02. The molecule has 0 bridgehead atoms. The molecule has 0 saturated carbocycles. The highest BCUT2D eigenvalue weighted by molar-refractivity contribution is 14.1. The number of benzene rings is 2. The Hall–Kier alpha value is -2.56. The molecule has 25 heavy (non-hydrogen) atoms. The van der Waals surface area contributed by atoms with Gasteiger partial charge in [-0.05, 0) is 58.0 Å². The van der Waals surface area contributed by atoms with Crippen LogP contribution in [0.15, 0.2) is 65.8 Å². The van der Waals surface area contributed by atoms with Crippen LogP contribution in [0.2, 0.25) is 0 Å². The summed E-state index contributed by atoms with van der Waals surface area (Å²) in [6, 6.07) is 17.9. The molecule has 1 aliphatic heterocycles. The number of nitrogens with zero attached hydrogens (tertiary/aromatic N) is 3. The lowest BCUT2D eigenvalue weighted by Gasteiger charge is -2.20. The maximum Gasteiger partial charge on any atom is 0.155 e. The number of rotatable bonds is 2. The van der Waals surface area contributed by atoms with E-state index in [1.165, 1.54) is 0 Å². The number of aliphatic imine (C=N–C) groups is 1. The largest absolute Gasteiger partial charge is 0.300 e. The molecule has 120 valence electrons. The van der Waals surface area contributed by atoms with Crippen LogP contribution >= 0.6 is 22.6 Å². The molecule has 0 amide bonds. The van der Waals surface area contributed by atoms with Crippen LogP contribution < -0.4 is 5.73 Å². The van der Waals surface area contributed by atoms with E-state index in [0.29, 0.717) is 5.56 Å². The van der Waals surface area contributed by atoms with Crippen molar-refractivity contribution in [3.63, 3.8) is 0 Å². The number of nitriles is 1. The molecule has 5 heteroatoms. The van der Waals surface area contributed by atoms with E-state index < -0.39 is 5.66 Å². The summed E-state index contributed by atoms with van der Waals surface area (Å²) in [5, 5.41) is 9.95. The minimum absolute atomic E-state index is 0.528. The smallest absolute Gasteiger partial charge is 0.155 e. The number of hydrogen-bond acceptors (Lipinski definition) is 4. The van der Waals surface area contributed by atoms with Gasteiger partial charge >= 0.3 is 0 Å². The highest BCUT2D eigenvalue weighted by Gasteiger charge is 2.30. The van der Waals surface area contributed by atoms with Gasteiger partial charge in [-0.15, -0.1) is 0 Å². The predicted octanol–water partition coefficient (Wildman–Crippen LogP) is 3.99. The van der Waals surface area contributed by atoms with Crippen molar-refractivity contribution >= 4 is 45.3 Å². The zero-order valence-corrected chi connectivity index (χ0v) is 15.3. The maximum atomic E-state index is 9.06. The first-order valence-electron chi connectivity index (χ1n) is 7.71. The molecule has 2 heterocycles. The van der Waals surface area contributed by atoms with Gasteiger partial charge in [0, 0.05) is 26.9 Å². The van der Waals surface area contributed by atoms with Crippen molar-refractivity contribution in [1.82, 2.24) is 4.98 Å². The monoisotopic (exact) mass is 436 g/mol. The van der Waals surface area contributed by atoms with Crippen molar-refractivity contribution in [3.05, 3.63) is 81.1 Å². The lowest BCUT2D eigenvalue weighted by molar-refractivity contribution is 0.614. The fraction of sp³-hybridized carbons (Fsp3) is 0.0500. The number of allylic oxidation sites excluding steroid dienone is 1. The molecule has 2 N–H and O–H groups in total. The van der Waals surface area contributed by atoms with Crippen LogP contribution in [0.1, 0.15) is 16.7 Å². The molecule has 0 fully saturated rings. The second-order valence-corrected chi connectivity index (χ2v) is 7.15. The third kappa shape index (κ3) is 2.84. The van der Waals surface area contributed by atoms with Crippen molar-refractivity contribution in [2.45, 2.75) is 5.66 Å². The standard InChI is InChI=1S/C20H13IN4/c21-17-5-1-3-14(8-17)16-9-20(23,25-12-16)18-6-2-4-15-7-13(10-22)11-24-19(15)18/h1-9,11-12H,23H2. The van der Waals surface area contributed by atoms with Gasteiger partial charge in [-0.2, -0.15) is 5.26 Å². The Labute approximate surface area is 158 Å². The van der Waals surface area contributed by atoms with E-state index in [9.17, 15) is 0 Å². The van der Waals surface area contributed by atoms with Gasteiger partial charge in [-0.25, -0.2) is 0 Å². The summed E-state index contributed by atoms with van der Waals surface area (Å²) in [5.41, 5.74) is 9.84. The molecular weight excluding hydrogens is 423 g/mol. The molecule has 0 saturated heterocycles. The van der Waals surface area contributed by atoms with Gasteiger partial charge < -0.3 is 0 Å². The number of aromatic nitrogens is 1. The molecule has 0 spiro atoms. The summed E-state index contributed by atoms with van der Waals surface area (Å²) >= 11 is 2.29. The Morgan fingerprint density at radius 2 is 1.96 bits per heavy atom. The number of nitrogens with two attached hydrogens (primary N) is 1. The van der Waals surface area contributed by atoms with Gasteiger partial charge in [0.25, 0.3) is 0 Å². The van der Waals surface area contributed by atoms with Crippen molar-refractivity contribution < 1.29 is 0 Å². The summed E-state index contributed by atoms with van der Waals surface area (Å²) in [6.07, 6.45) is 5.35. The van der Waals surface area contributed by atoms with Crippen molar-refractivity contribution in [2.75, 3.05) is 0 Å². The van der Waals surface area contributed by atoms with Crippen LogP contribution in [-0.2, 0) is 5.66 Å². The molecule has 1 aliphatic rings. The fourth-order valence-corrected chi connectivity index (χ4v) is 3.55. The van der Waals surface area contributed by atoms with E-state index in [4.69, 9.17) is 11.0 Å². The van der Waals surface area contributed by atoms with Crippen molar-refractivity contribution in [3.8, 4) is 6.07 Å². The molecule has 0 aliphatic carbocycles. The second kappa shape index (κ2) is 6.06. The minimum atomic E-state index is -0.961. The van der Waals surface area contributed by atoms with Gasteiger partial charge in [-0.1, -0.05) is 30.3 Å². The van der Waals surface area contributed by atoms with Gasteiger partial charge in [0.1, 0.15) is 6.07 Å². The van der Waals surface area contributed by atoms with Gasteiger partial charge in [0.05, 0.1) is 11.1 Å². The Morgan fingerprint density at radius 1 is 1.12 bits per heavy atom. The molecule has 2 aromatic carbocycles. The van der Waals surface area contributed by atoms with Crippen LogP contribution in [0.3, 0.4) is 0 Å². The number of fused-ring (bicyclic) bond motifs is 1. The summed E-state index contributed by atoms with van der Waals surface area (Å²) < 4.78 is 1.16. The lowest BCUT2D eigenvalue weighted by Crippen LogP contribution is -2.31. The SMILES string of the molecule is N#Cc1cnc2c(C3(N)C=C(c4cccc(I)c4)C=N3)cccc2c1. The van der Waals surface area contributed by atoms with E-state index in [0.717, 1.165) is 31.2 Å². The normalized spacial score (nSPS) is 19.0. The van der Waals surface area contributed by atoms with E-state index in [-0.39, 0.29) is 0 Å². The summed E-state index contributed by atoms with van der Waals surface area (Å²) in [7, 11) is 0. The highest BCUT2D eigenvalue weighted by Crippen LogP contribution is 2.34. The number of halogens is 1. The summed E-state index contributed by atoms with van der Waals surface area (Å²) in [5.74, 6) is 0. The van der Waals surface area contributed by atoms with Gasteiger partial charge in [0.15, 0.2) is 5.66 Å². The van der Waals surface area contributed by atoms with Gasteiger partial charge in [0.2, 0.25) is 0 Å². The zero-order chi connectivity index (χ0) is 17.4. The zero-order valence-electron chi connectivity index (χ0n) is 13.1. The predicted molar refractivity (Wildman–Crippen MR) is 108 cm³/mol. The summed E-state index contributed by atoms with van der Waals surface area (Å²) in [6.45, 7) is 0. The molecule has 4 rings (SSSR count). The topological polar surface area (TPSA) is 75.1 Å². The first kappa shape index (κ1) is 15.9. The van der Waals surface area contributed by atoms with Crippen LogP contribution in [-0.4, -0.2) is 11.2 Å².